The van der Waals surface area contributed by atoms with E-state index >= 15 is 0 Å². The summed E-state index contributed by atoms with van der Waals surface area (Å²) in [5, 5.41) is 18.9. The molecule has 0 saturated carbocycles. The maximum Gasteiger partial charge on any atom is 0.414 e. The fraction of sp³-hybridized carbons (Fsp3) is 0.0800. The average Bonchev–Trinajstić information content (AvgIpc) is 3.20. The Labute approximate surface area is 195 Å². The third-order valence-electron chi connectivity index (χ3n) is 4.85. The summed E-state index contributed by atoms with van der Waals surface area (Å²) >= 11 is 6.23. The van der Waals surface area contributed by atoms with Crippen molar-refractivity contribution >= 4 is 29.5 Å². The molecule has 0 saturated heterocycles. The van der Waals surface area contributed by atoms with E-state index in [1.165, 1.54) is 11.1 Å². The average molecular weight is 464 g/mol. The van der Waals surface area contributed by atoms with Crippen LogP contribution in [0.4, 0.5) is 5.95 Å². The van der Waals surface area contributed by atoms with Gasteiger partial charge in [0, 0.05) is 18.6 Å². The number of rotatable bonds is 5. The predicted octanol–water partition coefficient (Wildman–Crippen LogP) is 5.18. The predicted molar refractivity (Wildman–Crippen MR) is 128 cm³/mol. The molecule has 3 N–H and O–H groups in total. The molecule has 0 spiro atoms. The Kier molecular flexibility index (Phi) is 7.83. The van der Waals surface area contributed by atoms with Gasteiger partial charge in [0.1, 0.15) is 0 Å². The second-order valence-electron chi connectivity index (χ2n) is 7.02. The van der Waals surface area contributed by atoms with Crippen molar-refractivity contribution in [2.24, 2.45) is 7.05 Å². The first kappa shape index (κ1) is 23.6. The molecule has 1 heterocycles. The molecule has 1 aromatic heterocycles. The Bertz CT molecular complexity index is 1230. The molecule has 3 aromatic carbocycles. The van der Waals surface area contributed by atoms with Crippen molar-refractivity contribution in [1.29, 1.82) is 0 Å². The Hall–Kier alpha value is -4.10. The summed E-state index contributed by atoms with van der Waals surface area (Å²) in [6.07, 6.45) is 1.90. The molecule has 0 aliphatic heterocycles. The van der Waals surface area contributed by atoms with Crippen molar-refractivity contribution < 1.29 is 19.8 Å². The van der Waals surface area contributed by atoms with Gasteiger partial charge in [-0.05, 0) is 28.3 Å². The maximum absolute atomic E-state index is 9.10. The molecule has 0 radical (unpaired) electrons. The number of benzene rings is 3. The number of carboxylic acids is 2. The molecule has 0 bridgehead atoms. The number of halogens is 1. The third-order valence-corrected chi connectivity index (χ3v) is 5.22. The van der Waals surface area contributed by atoms with E-state index in [0.29, 0.717) is 6.54 Å². The lowest BCUT2D eigenvalue weighted by atomic mass is 10.0. The summed E-state index contributed by atoms with van der Waals surface area (Å²) in [7, 11) is 2.02. The number of carbonyl (C=O) groups is 2. The molecule has 0 amide bonds. The van der Waals surface area contributed by atoms with Crippen molar-refractivity contribution in [3.05, 3.63) is 95.6 Å². The molecule has 33 heavy (non-hydrogen) atoms. The second kappa shape index (κ2) is 11.0. The molecule has 0 aliphatic rings. The number of carboxylic acid groups (broad SMARTS) is 2. The largest absolute Gasteiger partial charge is 0.473 e. The fourth-order valence-corrected chi connectivity index (χ4v) is 3.32. The highest BCUT2D eigenvalue weighted by Crippen LogP contribution is 2.26. The molecular formula is C25H22ClN3O4. The molecule has 4 rings (SSSR count). The SMILES string of the molecule is Cn1c(-c2ccc(-c3ccccc3)cc2)cnc1NCc1ccccc1Cl.O=C(O)C(=O)O. The summed E-state index contributed by atoms with van der Waals surface area (Å²) in [6, 6.07) is 26.8. The molecule has 0 fully saturated rings. The normalized spacial score (nSPS) is 10.1. The zero-order valence-corrected chi connectivity index (χ0v) is 18.5. The van der Waals surface area contributed by atoms with E-state index in [-0.39, 0.29) is 0 Å². The van der Waals surface area contributed by atoms with E-state index in [9.17, 15) is 0 Å². The number of imidazole rings is 1. The van der Waals surface area contributed by atoms with Crippen LogP contribution in [0.2, 0.25) is 5.02 Å². The van der Waals surface area contributed by atoms with Crippen molar-refractivity contribution in [2.75, 3.05) is 5.32 Å². The number of nitrogens with one attached hydrogen (secondary N) is 1. The minimum Gasteiger partial charge on any atom is -0.473 e. The Balaban J connectivity index is 0.000000454. The van der Waals surface area contributed by atoms with Gasteiger partial charge in [-0.15, -0.1) is 0 Å². The van der Waals surface area contributed by atoms with Gasteiger partial charge in [-0.2, -0.15) is 0 Å². The van der Waals surface area contributed by atoms with E-state index in [1.807, 2.05) is 43.6 Å². The van der Waals surface area contributed by atoms with Crippen LogP contribution >= 0.6 is 11.6 Å². The topological polar surface area (TPSA) is 104 Å². The van der Waals surface area contributed by atoms with Crippen molar-refractivity contribution in [2.45, 2.75) is 6.54 Å². The summed E-state index contributed by atoms with van der Waals surface area (Å²) in [5.41, 5.74) is 5.68. The molecule has 4 aromatic rings. The lowest BCUT2D eigenvalue weighted by Gasteiger charge is -2.10. The van der Waals surface area contributed by atoms with Crippen LogP contribution in [-0.4, -0.2) is 31.7 Å². The minimum atomic E-state index is -1.82. The Morgan fingerprint density at radius 1 is 0.848 bits per heavy atom. The molecule has 8 heteroatoms. The van der Waals surface area contributed by atoms with Crippen LogP contribution in [0.1, 0.15) is 5.56 Å². The number of nitrogens with zero attached hydrogens (tertiary/aromatic N) is 2. The van der Waals surface area contributed by atoms with Gasteiger partial charge in [-0.3, -0.25) is 0 Å². The highest BCUT2D eigenvalue weighted by Gasteiger charge is 2.09. The number of aromatic nitrogens is 2. The van der Waals surface area contributed by atoms with Gasteiger partial charge >= 0.3 is 11.9 Å². The summed E-state index contributed by atoms with van der Waals surface area (Å²) in [6.45, 7) is 0.636. The second-order valence-corrected chi connectivity index (χ2v) is 7.43. The molecule has 0 atom stereocenters. The standard InChI is InChI=1S/C23H20ClN3.C2H2O4/c1-27-22(16-26-23(27)25-15-20-9-5-6-10-21(20)24)19-13-11-18(12-14-19)17-7-3-2-4-8-17;3-1(4)2(5)6/h2-14,16H,15H2,1H3,(H,25,26);(H,3,4)(H,5,6). The van der Waals surface area contributed by atoms with Crippen molar-refractivity contribution in [1.82, 2.24) is 9.55 Å². The quantitative estimate of drug-likeness (QED) is 0.352. The first-order chi connectivity index (χ1) is 15.9. The van der Waals surface area contributed by atoms with Gasteiger partial charge < -0.3 is 20.1 Å². The third kappa shape index (κ3) is 6.21. The van der Waals surface area contributed by atoms with Gasteiger partial charge in [-0.1, -0.05) is 84.4 Å². The van der Waals surface area contributed by atoms with Crippen molar-refractivity contribution in [3.63, 3.8) is 0 Å². The lowest BCUT2D eigenvalue weighted by Crippen LogP contribution is -2.09. The highest BCUT2D eigenvalue weighted by molar-refractivity contribution is 6.31. The summed E-state index contributed by atoms with van der Waals surface area (Å²) < 4.78 is 2.06. The van der Waals surface area contributed by atoms with Gasteiger partial charge in [-0.25, -0.2) is 14.6 Å². The zero-order chi connectivity index (χ0) is 23.8. The van der Waals surface area contributed by atoms with Crippen LogP contribution in [0, 0.1) is 0 Å². The Morgan fingerprint density at radius 3 is 2.00 bits per heavy atom. The number of anilines is 1. The molecule has 0 unspecified atom stereocenters. The van der Waals surface area contributed by atoms with Crippen LogP contribution in [0.15, 0.2) is 85.1 Å². The van der Waals surface area contributed by atoms with Crippen LogP contribution < -0.4 is 5.32 Å². The summed E-state index contributed by atoms with van der Waals surface area (Å²) in [5.74, 6) is -2.83. The molecular weight excluding hydrogens is 442 g/mol. The first-order valence-corrected chi connectivity index (χ1v) is 10.4. The molecule has 7 nitrogen and oxygen atoms in total. The van der Waals surface area contributed by atoms with Gasteiger partial charge in [0.2, 0.25) is 5.95 Å². The van der Waals surface area contributed by atoms with Crippen molar-refractivity contribution in [3.8, 4) is 22.4 Å². The monoisotopic (exact) mass is 463 g/mol. The van der Waals surface area contributed by atoms with E-state index in [1.54, 1.807) is 0 Å². The minimum absolute atomic E-state index is 0.636. The number of hydrogen-bond donors (Lipinski definition) is 3. The number of aliphatic carboxylic acids is 2. The van der Waals surface area contributed by atoms with Crippen LogP contribution in [0.25, 0.3) is 22.4 Å². The van der Waals surface area contributed by atoms with Crippen LogP contribution in [-0.2, 0) is 23.2 Å². The fourth-order valence-electron chi connectivity index (χ4n) is 3.12. The highest BCUT2D eigenvalue weighted by atomic mass is 35.5. The van der Waals surface area contributed by atoms with Crippen LogP contribution in [0.5, 0.6) is 0 Å². The lowest BCUT2D eigenvalue weighted by molar-refractivity contribution is -0.159. The smallest absolute Gasteiger partial charge is 0.414 e. The van der Waals surface area contributed by atoms with Gasteiger partial charge in [0.05, 0.1) is 11.9 Å². The van der Waals surface area contributed by atoms with Gasteiger partial charge in [0.25, 0.3) is 0 Å². The zero-order valence-electron chi connectivity index (χ0n) is 17.8. The Morgan fingerprint density at radius 2 is 1.39 bits per heavy atom. The van der Waals surface area contributed by atoms with E-state index in [4.69, 9.17) is 31.4 Å². The summed E-state index contributed by atoms with van der Waals surface area (Å²) in [4.78, 5) is 22.7. The van der Waals surface area contributed by atoms with Gasteiger partial charge in [0.15, 0.2) is 0 Å². The van der Waals surface area contributed by atoms with E-state index < -0.39 is 11.9 Å². The first-order valence-electron chi connectivity index (χ1n) is 9.98. The number of hydrogen-bond acceptors (Lipinski definition) is 4. The maximum atomic E-state index is 9.10. The van der Waals surface area contributed by atoms with E-state index in [0.717, 1.165) is 27.8 Å². The van der Waals surface area contributed by atoms with Crippen LogP contribution in [0.3, 0.4) is 0 Å². The molecule has 168 valence electrons. The van der Waals surface area contributed by atoms with E-state index in [2.05, 4.69) is 63.4 Å². The molecule has 0 aliphatic carbocycles.